The summed E-state index contributed by atoms with van der Waals surface area (Å²) < 4.78 is 15.6. The van der Waals surface area contributed by atoms with Crippen LogP contribution in [0.1, 0.15) is 32.3 Å². The molecule has 0 fully saturated rings. The molecular weight excluding hydrogens is 334 g/mol. The standard InChI is InChI=1S/C20H29NO5/c1-4-6-14-25-18-9-7-17(8-10-18)11-12-21-19(22)15-26-20(23)16(3)24-13-5-2/h5,7-10,16H,2,4,6,11-15H2,1,3H3,(H,21,22). The van der Waals surface area contributed by atoms with Crippen molar-refractivity contribution in [3.8, 4) is 5.75 Å². The topological polar surface area (TPSA) is 73.9 Å². The number of unbranched alkanes of at least 4 members (excludes halogenated alkanes) is 1. The molecule has 1 rings (SSSR count). The third kappa shape index (κ3) is 9.22. The zero-order valence-corrected chi connectivity index (χ0v) is 15.7. The van der Waals surface area contributed by atoms with Gasteiger partial charge in [0.15, 0.2) is 12.7 Å². The summed E-state index contributed by atoms with van der Waals surface area (Å²) in [4.78, 5) is 23.3. The highest BCUT2D eigenvalue weighted by molar-refractivity contribution is 5.81. The molecule has 6 nitrogen and oxygen atoms in total. The predicted octanol–water partition coefficient (Wildman–Crippen LogP) is 2.66. The first-order chi connectivity index (χ1) is 12.6. The van der Waals surface area contributed by atoms with E-state index in [1.165, 1.54) is 0 Å². The maximum Gasteiger partial charge on any atom is 0.335 e. The highest BCUT2D eigenvalue weighted by atomic mass is 16.6. The number of ether oxygens (including phenoxy) is 3. The third-order valence-electron chi connectivity index (χ3n) is 3.57. The summed E-state index contributed by atoms with van der Waals surface area (Å²) in [6.07, 6.45) is 3.65. The molecule has 1 amide bonds. The maximum atomic E-state index is 11.7. The summed E-state index contributed by atoms with van der Waals surface area (Å²) in [6.45, 7) is 8.32. The third-order valence-corrected chi connectivity index (χ3v) is 3.57. The Kier molecular flexibility index (Phi) is 10.8. The molecule has 1 unspecified atom stereocenters. The van der Waals surface area contributed by atoms with Crippen LogP contribution < -0.4 is 10.1 Å². The average molecular weight is 363 g/mol. The molecule has 1 atom stereocenters. The summed E-state index contributed by atoms with van der Waals surface area (Å²) >= 11 is 0. The van der Waals surface area contributed by atoms with Crippen LogP contribution in [0, 0.1) is 0 Å². The van der Waals surface area contributed by atoms with Crippen LogP contribution in [0.5, 0.6) is 5.75 Å². The second-order valence-corrected chi connectivity index (χ2v) is 5.82. The number of amides is 1. The van der Waals surface area contributed by atoms with Crippen molar-refractivity contribution < 1.29 is 23.8 Å². The number of esters is 1. The molecule has 26 heavy (non-hydrogen) atoms. The molecule has 1 N–H and O–H groups in total. The fraction of sp³-hybridized carbons (Fsp3) is 0.500. The van der Waals surface area contributed by atoms with E-state index in [1.807, 2.05) is 24.3 Å². The largest absolute Gasteiger partial charge is 0.494 e. The van der Waals surface area contributed by atoms with Crippen molar-refractivity contribution in [2.24, 2.45) is 0 Å². The Morgan fingerprint density at radius 1 is 1.27 bits per heavy atom. The molecule has 0 radical (unpaired) electrons. The van der Waals surface area contributed by atoms with Gasteiger partial charge < -0.3 is 19.5 Å². The van der Waals surface area contributed by atoms with Crippen molar-refractivity contribution in [2.75, 3.05) is 26.4 Å². The van der Waals surface area contributed by atoms with Crippen molar-refractivity contribution in [3.63, 3.8) is 0 Å². The van der Waals surface area contributed by atoms with Crippen molar-refractivity contribution in [2.45, 2.75) is 39.2 Å². The van der Waals surface area contributed by atoms with Crippen LogP contribution in [0.2, 0.25) is 0 Å². The van der Waals surface area contributed by atoms with Gasteiger partial charge >= 0.3 is 5.97 Å². The van der Waals surface area contributed by atoms with Crippen LogP contribution in [0.25, 0.3) is 0 Å². The molecule has 0 bridgehead atoms. The summed E-state index contributed by atoms with van der Waals surface area (Å²) in [6, 6.07) is 7.82. The molecule has 0 aromatic heterocycles. The van der Waals surface area contributed by atoms with Crippen LogP contribution >= 0.6 is 0 Å². The van der Waals surface area contributed by atoms with Gasteiger partial charge in [-0.05, 0) is 37.5 Å². The number of hydrogen-bond acceptors (Lipinski definition) is 5. The van der Waals surface area contributed by atoms with Gasteiger partial charge in [0.05, 0.1) is 13.2 Å². The molecule has 1 aromatic rings. The molecule has 1 aromatic carbocycles. The van der Waals surface area contributed by atoms with E-state index in [1.54, 1.807) is 13.0 Å². The van der Waals surface area contributed by atoms with Gasteiger partial charge in [-0.1, -0.05) is 31.6 Å². The molecule has 0 saturated heterocycles. The van der Waals surface area contributed by atoms with E-state index in [9.17, 15) is 9.59 Å². The Bertz CT molecular complexity index is 556. The summed E-state index contributed by atoms with van der Waals surface area (Å²) in [7, 11) is 0. The van der Waals surface area contributed by atoms with E-state index in [4.69, 9.17) is 14.2 Å². The lowest BCUT2D eigenvalue weighted by Crippen LogP contribution is -2.33. The first-order valence-corrected chi connectivity index (χ1v) is 8.94. The van der Waals surface area contributed by atoms with Crippen LogP contribution in [0.3, 0.4) is 0 Å². The average Bonchev–Trinajstić information content (AvgIpc) is 2.65. The monoisotopic (exact) mass is 363 g/mol. The van der Waals surface area contributed by atoms with E-state index in [0.717, 1.165) is 30.8 Å². The van der Waals surface area contributed by atoms with Crippen molar-refractivity contribution in [1.29, 1.82) is 0 Å². The highest BCUT2D eigenvalue weighted by Gasteiger charge is 2.15. The van der Waals surface area contributed by atoms with Gasteiger partial charge in [0.1, 0.15) is 5.75 Å². The molecular formula is C20H29NO5. The van der Waals surface area contributed by atoms with Gasteiger partial charge in [0.2, 0.25) is 0 Å². The fourth-order valence-corrected chi connectivity index (χ4v) is 2.02. The molecule has 0 aliphatic heterocycles. The second kappa shape index (κ2) is 12.9. The zero-order chi connectivity index (χ0) is 19.2. The maximum absolute atomic E-state index is 11.7. The molecule has 0 heterocycles. The second-order valence-electron chi connectivity index (χ2n) is 5.82. The van der Waals surface area contributed by atoms with Gasteiger partial charge in [-0.25, -0.2) is 4.79 Å². The van der Waals surface area contributed by atoms with Crippen LogP contribution in [-0.2, 0) is 25.5 Å². The molecule has 0 spiro atoms. The van der Waals surface area contributed by atoms with E-state index < -0.39 is 12.1 Å². The van der Waals surface area contributed by atoms with E-state index in [0.29, 0.717) is 13.0 Å². The Hall–Kier alpha value is -2.34. The lowest BCUT2D eigenvalue weighted by atomic mass is 10.1. The Balaban J connectivity index is 2.20. The van der Waals surface area contributed by atoms with Crippen LogP contribution in [0.4, 0.5) is 0 Å². The quantitative estimate of drug-likeness (QED) is 0.331. The van der Waals surface area contributed by atoms with Gasteiger partial charge in [-0.3, -0.25) is 4.79 Å². The molecule has 0 aliphatic carbocycles. The fourth-order valence-electron chi connectivity index (χ4n) is 2.02. The van der Waals surface area contributed by atoms with Crippen LogP contribution in [0.15, 0.2) is 36.9 Å². The molecule has 0 saturated carbocycles. The van der Waals surface area contributed by atoms with Crippen molar-refractivity contribution in [3.05, 3.63) is 42.5 Å². The minimum atomic E-state index is -0.723. The highest BCUT2D eigenvalue weighted by Crippen LogP contribution is 2.12. The molecule has 144 valence electrons. The lowest BCUT2D eigenvalue weighted by Gasteiger charge is -2.11. The van der Waals surface area contributed by atoms with E-state index in [2.05, 4.69) is 18.8 Å². The molecule has 0 aliphatic rings. The number of carbonyl (C=O) groups is 2. The van der Waals surface area contributed by atoms with E-state index in [-0.39, 0.29) is 19.1 Å². The number of nitrogens with one attached hydrogen (secondary N) is 1. The number of rotatable bonds is 13. The Morgan fingerprint density at radius 3 is 2.65 bits per heavy atom. The molecule has 6 heteroatoms. The Labute approximate surface area is 155 Å². The number of hydrogen-bond donors (Lipinski definition) is 1. The smallest absolute Gasteiger partial charge is 0.335 e. The summed E-state index contributed by atoms with van der Waals surface area (Å²) in [5.74, 6) is -0.0552. The van der Waals surface area contributed by atoms with Crippen molar-refractivity contribution in [1.82, 2.24) is 5.32 Å². The minimum absolute atomic E-state index is 0.255. The Morgan fingerprint density at radius 2 is 2.00 bits per heavy atom. The first-order valence-electron chi connectivity index (χ1n) is 8.94. The van der Waals surface area contributed by atoms with Gasteiger partial charge in [0, 0.05) is 6.54 Å². The van der Waals surface area contributed by atoms with Gasteiger partial charge in [-0.15, -0.1) is 6.58 Å². The van der Waals surface area contributed by atoms with Crippen LogP contribution in [-0.4, -0.2) is 44.3 Å². The van der Waals surface area contributed by atoms with Gasteiger partial charge in [0.25, 0.3) is 5.91 Å². The SMILES string of the molecule is C=CCOC(C)C(=O)OCC(=O)NCCc1ccc(OCCCC)cc1. The minimum Gasteiger partial charge on any atom is -0.494 e. The number of carbonyl (C=O) groups excluding carboxylic acids is 2. The summed E-state index contributed by atoms with van der Waals surface area (Å²) in [5.41, 5.74) is 1.09. The zero-order valence-electron chi connectivity index (χ0n) is 15.7. The predicted molar refractivity (Wildman–Crippen MR) is 100 cm³/mol. The van der Waals surface area contributed by atoms with E-state index >= 15 is 0 Å². The van der Waals surface area contributed by atoms with Gasteiger partial charge in [-0.2, -0.15) is 0 Å². The normalized spacial score (nSPS) is 11.5. The summed E-state index contributed by atoms with van der Waals surface area (Å²) in [5, 5.41) is 2.72. The van der Waals surface area contributed by atoms with Crippen molar-refractivity contribution >= 4 is 11.9 Å². The first kappa shape index (κ1) is 21.7. The number of benzene rings is 1. The lowest BCUT2D eigenvalue weighted by molar-refractivity contribution is -0.158.